The Morgan fingerprint density at radius 1 is 1.40 bits per heavy atom. The van der Waals surface area contributed by atoms with Gasteiger partial charge in [0, 0.05) is 16.4 Å². The molecule has 1 aromatic carbocycles. The number of benzene rings is 1. The first-order chi connectivity index (χ1) is 9.23. The van der Waals surface area contributed by atoms with E-state index in [1.165, 1.54) is 0 Å². The largest absolute Gasteiger partial charge is 0.462 e. The Hall–Kier alpha value is -1.40. The van der Waals surface area contributed by atoms with Gasteiger partial charge in [-0.25, -0.2) is 4.79 Å². The topological polar surface area (TPSA) is 81.4 Å². The Labute approximate surface area is 127 Å². The van der Waals surface area contributed by atoms with Gasteiger partial charge in [0.1, 0.15) is 0 Å². The molecule has 0 spiro atoms. The third-order valence-corrected chi connectivity index (χ3v) is 3.03. The summed E-state index contributed by atoms with van der Waals surface area (Å²) < 4.78 is 5.52. The second kappa shape index (κ2) is 6.85. The number of hydrogen-bond acceptors (Lipinski definition) is 4. The van der Waals surface area contributed by atoms with Crippen molar-refractivity contribution < 1.29 is 14.3 Å². The zero-order valence-corrected chi connectivity index (χ0v) is 13.4. The highest BCUT2D eigenvalue weighted by molar-refractivity contribution is 9.10. The van der Waals surface area contributed by atoms with Crippen molar-refractivity contribution in [1.29, 1.82) is 0 Å². The number of amides is 1. The molecule has 1 amide bonds. The number of anilines is 1. The Balaban J connectivity index is 2.79. The quantitative estimate of drug-likeness (QED) is 0.806. The van der Waals surface area contributed by atoms with E-state index in [1.54, 1.807) is 39.0 Å². The summed E-state index contributed by atoms with van der Waals surface area (Å²) in [5, 5.41) is 2.75. The van der Waals surface area contributed by atoms with Gasteiger partial charge in [0.25, 0.3) is 0 Å². The van der Waals surface area contributed by atoms with Crippen molar-refractivity contribution in [2.24, 2.45) is 5.73 Å². The summed E-state index contributed by atoms with van der Waals surface area (Å²) in [6, 6.07) is 4.87. The summed E-state index contributed by atoms with van der Waals surface area (Å²) >= 11 is 3.32. The average Bonchev–Trinajstić information content (AvgIpc) is 2.29. The standard InChI is InChI=1S/C14H19BrN2O3/c1-4-20-13(19)9-5-6-11(10(15)7-9)17-12(18)8-14(2,3)16/h5-7H,4,8,16H2,1-3H3,(H,17,18). The molecule has 0 bridgehead atoms. The Bertz CT molecular complexity index is 510. The van der Waals surface area contributed by atoms with E-state index < -0.39 is 11.5 Å². The van der Waals surface area contributed by atoms with E-state index in [0.29, 0.717) is 22.3 Å². The van der Waals surface area contributed by atoms with Crippen LogP contribution in [0.1, 0.15) is 37.6 Å². The summed E-state index contributed by atoms with van der Waals surface area (Å²) in [4.78, 5) is 23.4. The predicted molar refractivity (Wildman–Crippen MR) is 81.6 cm³/mol. The number of nitrogens with two attached hydrogens (primary N) is 1. The van der Waals surface area contributed by atoms with Crippen LogP contribution in [0.15, 0.2) is 22.7 Å². The summed E-state index contributed by atoms with van der Waals surface area (Å²) in [7, 11) is 0. The van der Waals surface area contributed by atoms with Crippen LogP contribution in [-0.4, -0.2) is 24.0 Å². The number of ether oxygens (including phenoxy) is 1. The van der Waals surface area contributed by atoms with Gasteiger partial charge in [-0.3, -0.25) is 4.79 Å². The van der Waals surface area contributed by atoms with Crippen molar-refractivity contribution in [3.63, 3.8) is 0 Å². The number of hydrogen-bond donors (Lipinski definition) is 2. The molecule has 0 radical (unpaired) electrons. The van der Waals surface area contributed by atoms with Crippen LogP contribution in [0, 0.1) is 0 Å². The molecule has 0 aliphatic heterocycles. The molecule has 0 saturated carbocycles. The van der Waals surface area contributed by atoms with Crippen LogP contribution in [-0.2, 0) is 9.53 Å². The van der Waals surface area contributed by atoms with Gasteiger partial charge in [0.05, 0.1) is 17.9 Å². The smallest absolute Gasteiger partial charge is 0.338 e. The van der Waals surface area contributed by atoms with E-state index in [2.05, 4.69) is 21.2 Å². The number of nitrogens with one attached hydrogen (secondary N) is 1. The maximum absolute atomic E-state index is 11.8. The van der Waals surface area contributed by atoms with Gasteiger partial charge in [0.15, 0.2) is 0 Å². The fourth-order valence-corrected chi connectivity index (χ4v) is 2.04. The number of carbonyl (C=O) groups excluding carboxylic acids is 2. The minimum absolute atomic E-state index is 0.179. The first-order valence-corrected chi connectivity index (χ1v) is 7.07. The molecule has 5 nitrogen and oxygen atoms in total. The van der Waals surface area contributed by atoms with Gasteiger partial charge in [0.2, 0.25) is 5.91 Å². The summed E-state index contributed by atoms with van der Waals surface area (Å²) in [6.07, 6.45) is 0.207. The van der Waals surface area contributed by atoms with Crippen LogP contribution >= 0.6 is 15.9 Å². The number of carbonyl (C=O) groups is 2. The van der Waals surface area contributed by atoms with Gasteiger partial charge in [-0.2, -0.15) is 0 Å². The van der Waals surface area contributed by atoms with Gasteiger partial charge < -0.3 is 15.8 Å². The minimum atomic E-state index is -0.568. The van der Waals surface area contributed by atoms with Crippen LogP contribution in [0.3, 0.4) is 0 Å². The molecule has 0 aliphatic rings. The highest BCUT2D eigenvalue weighted by atomic mass is 79.9. The third-order valence-electron chi connectivity index (χ3n) is 2.37. The molecular weight excluding hydrogens is 324 g/mol. The third kappa shape index (κ3) is 5.30. The maximum Gasteiger partial charge on any atom is 0.338 e. The lowest BCUT2D eigenvalue weighted by atomic mass is 10.0. The van der Waals surface area contributed by atoms with Crippen molar-refractivity contribution in [3.8, 4) is 0 Å². The Kier molecular flexibility index (Phi) is 5.71. The predicted octanol–water partition coefficient (Wildman–Crippen LogP) is 2.69. The fourth-order valence-electron chi connectivity index (χ4n) is 1.57. The van der Waals surface area contributed by atoms with Crippen molar-refractivity contribution in [2.45, 2.75) is 32.7 Å². The molecule has 3 N–H and O–H groups in total. The minimum Gasteiger partial charge on any atom is -0.462 e. The highest BCUT2D eigenvalue weighted by Crippen LogP contribution is 2.24. The summed E-state index contributed by atoms with van der Waals surface area (Å²) in [5.41, 5.74) is 6.24. The number of halogens is 1. The van der Waals surface area contributed by atoms with Crippen LogP contribution in [0.25, 0.3) is 0 Å². The molecule has 1 aromatic rings. The van der Waals surface area contributed by atoms with E-state index in [0.717, 1.165) is 0 Å². The van der Waals surface area contributed by atoms with Gasteiger partial charge >= 0.3 is 5.97 Å². The second-order valence-corrected chi connectivity index (χ2v) is 5.98. The molecule has 0 fully saturated rings. The SMILES string of the molecule is CCOC(=O)c1ccc(NC(=O)CC(C)(C)N)c(Br)c1. The lowest BCUT2D eigenvalue weighted by Crippen LogP contribution is -2.36. The first kappa shape index (κ1) is 16.7. The zero-order valence-electron chi connectivity index (χ0n) is 11.8. The monoisotopic (exact) mass is 342 g/mol. The molecule has 0 aliphatic carbocycles. The van der Waals surface area contributed by atoms with Crippen molar-refractivity contribution in [1.82, 2.24) is 0 Å². The van der Waals surface area contributed by atoms with E-state index in [9.17, 15) is 9.59 Å². The molecule has 0 heterocycles. The average molecular weight is 343 g/mol. The molecular formula is C14H19BrN2O3. The maximum atomic E-state index is 11.8. The molecule has 1 rings (SSSR count). The van der Waals surface area contributed by atoms with Gasteiger partial charge in [-0.05, 0) is 54.9 Å². The number of rotatable bonds is 5. The van der Waals surface area contributed by atoms with E-state index in [4.69, 9.17) is 10.5 Å². The Morgan fingerprint density at radius 3 is 2.55 bits per heavy atom. The lowest BCUT2D eigenvalue weighted by molar-refractivity contribution is -0.117. The van der Waals surface area contributed by atoms with Crippen molar-refractivity contribution in [3.05, 3.63) is 28.2 Å². The Morgan fingerprint density at radius 2 is 2.05 bits per heavy atom. The summed E-state index contributed by atoms with van der Waals surface area (Å²) in [6.45, 7) is 5.63. The van der Waals surface area contributed by atoms with Crippen LogP contribution < -0.4 is 11.1 Å². The molecule has 110 valence electrons. The lowest BCUT2D eigenvalue weighted by Gasteiger charge is -2.18. The van der Waals surface area contributed by atoms with Crippen LogP contribution in [0.2, 0.25) is 0 Å². The molecule has 6 heteroatoms. The van der Waals surface area contributed by atoms with Crippen LogP contribution in [0.4, 0.5) is 5.69 Å². The highest BCUT2D eigenvalue weighted by Gasteiger charge is 2.17. The molecule has 0 saturated heterocycles. The van der Waals surface area contributed by atoms with Gasteiger partial charge in [-0.15, -0.1) is 0 Å². The molecule has 0 atom stereocenters. The van der Waals surface area contributed by atoms with E-state index >= 15 is 0 Å². The second-order valence-electron chi connectivity index (χ2n) is 5.13. The normalized spacial score (nSPS) is 11.1. The van der Waals surface area contributed by atoms with Gasteiger partial charge in [-0.1, -0.05) is 0 Å². The van der Waals surface area contributed by atoms with Crippen LogP contribution in [0.5, 0.6) is 0 Å². The molecule has 0 unspecified atom stereocenters. The number of esters is 1. The van der Waals surface area contributed by atoms with E-state index in [1.807, 2.05) is 0 Å². The van der Waals surface area contributed by atoms with Crippen molar-refractivity contribution >= 4 is 33.5 Å². The first-order valence-electron chi connectivity index (χ1n) is 6.28. The molecule has 0 aromatic heterocycles. The van der Waals surface area contributed by atoms with Crippen molar-refractivity contribution in [2.75, 3.05) is 11.9 Å². The fraction of sp³-hybridized carbons (Fsp3) is 0.429. The zero-order chi connectivity index (χ0) is 15.3. The van der Waals surface area contributed by atoms with E-state index in [-0.39, 0.29) is 12.3 Å². The summed E-state index contributed by atoms with van der Waals surface area (Å²) in [5.74, 6) is -0.573. The molecule has 20 heavy (non-hydrogen) atoms.